The molecule has 1 nitrogen and oxygen atoms in total. The Labute approximate surface area is 34.0 Å². The Bertz CT molecular complexity index is 8.00. The molecular weight excluding hydrogens is 232 g/mol. The molecule has 0 aromatic heterocycles. The van der Waals surface area contributed by atoms with Crippen LogP contribution in [0, 0.1) is 0 Å². The van der Waals surface area contributed by atoms with Crippen LogP contribution >= 0.6 is 0 Å². The van der Waals surface area contributed by atoms with Crippen LogP contribution < -0.4 is 0 Å². The first-order chi connectivity index (χ1) is 1.91. The molecule has 0 bridgehead atoms. The molecule has 0 saturated heterocycles. The summed E-state index contributed by atoms with van der Waals surface area (Å²) in [5.41, 5.74) is 2.06. The van der Waals surface area contributed by atoms with E-state index in [2.05, 4.69) is 5.44 Å². The number of rotatable bonds is 1. The molecule has 0 spiro atoms. The Morgan fingerprint density at radius 1 is 2.00 bits per heavy atom. The summed E-state index contributed by atoms with van der Waals surface area (Å²) >= 11 is 0.0694. The third kappa shape index (κ3) is 2.61. The summed E-state index contributed by atoms with van der Waals surface area (Å²) in [7, 11) is 0. The van der Waals surface area contributed by atoms with Gasteiger partial charge in [-0.2, -0.15) is 0 Å². The third-order valence-electron chi connectivity index (χ3n) is 0.105. The molecule has 0 heterocycles. The first kappa shape index (κ1) is 4.61. The van der Waals surface area contributed by atoms with Gasteiger partial charge in [-0.25, -0.2) is 0 Å². The maximum atomic E-state index is 7.93. The summed E-state index contributed by atoms with van der Waals surface area (Å²) in [6.07, 6.45) is 0. The van der Waals surface area contributed by atoms with E-state index in [0.29, 0.717) is 5.12 Å². The van der Waals surface area contributed by atoms with Crippen molar-refractivity contribution in [1.82, 2.24) is 0 Å². The quantitative estimate of drug-likeness (QED) is 0.685. The number of aliphatic hydroxyl groups is 1. The number of aliphatic hydroxyl groups excluding tert-OH is 1. The molecule has 0 aromatic rings. The van der Waals surface area contributed by atoms with Crippen molar-refractivity contribution in [1.29, 1.82) is 0 Å². The van der Waals surface area contributed by atoms with Gasteiger partial charge < -0.3 is 0 Å². The van der Waals surface area contributed by atoms with Crippen LogP contribution in [0.25, 0.3) is 0 Å². The SMILES string of the molecule is [CH3][Ir][CH2]O. The molecule has 0 rings (SSSR count). The summed E-state index contributed by atoms with van der Waals surface area (Å²) in [5.74, 6) is 0. The van der Waals surface area contributed by atoms with Crippen LogP contribution in [0.5, 0.6) is 0 Å². The normalized spacial score (nSPS) is 8.50. The van der Waals surface area contributed by atoms with Gasteiger partial charge in [-0.3, -0.25) is 0 Å². The predicted octanol–water partition coefficient (Wildman–Crippen LogP) is 0.0668. The van der Waals surface area contributed by atoms with Crippen LogP contribution in [0.3, 0.4) is 0 Å². The van der Waals surface area contributed by atoms with Crippen molar-refractivity contribution in [2.75, 3.05) is 5.12 Å². The first-order valence-corrected chi connectivity index (χ1v) is 4.97. The van der Waals surface area contributed by atoms with Crippen LogP contribution in [-0.2, 0) is 17.7 Å². The molecule has 0 saturated carbocycles. The minimum absolute atomic E-state index is 0.0694. The van der Waals surface area contributed by atoms with Crippen LogP contribution in [0.2, 0.25) is 5.44 Å². The van der Waals surface area contributed by atoms with Gasteiger partial charge in [0.2, 0.25) is 0 Å². The minimum atomic E-state index is 0.0694. The molecule has 0 aliphatic heterocycles. The summed E-state index contributed by atoms with van der Waals surface area (Å²) in [6.45, 7) is 0. The molecule has 0 atom stereocenters. The molecule has 0 unspecified atom stereocenters. The molecule has 4 heavy (non-hydrogen) atoms. The van der Waals surface area contributed by atoms with E-state index in [9.17, 15) is 0 Å². The second-order valence-corrected chi connectivity index (χ2v) is 2.79. The molecule has 0 aromatic carbocycles. The molecule has 1 N–H and O–H groups in total. The molecule has 0 radical (unpaired) electrons. The van der Waals surface area contributed by atoms with E-state index in [1.807, 2.05) is 0 Å². The van der Waals surface area contributed by atoms with Crippen LogP contribution in [0.15, 0.2) is 0 Å². The Hall–Kier alpha value is 0.609. The van der Waals surface area contributed by atoms with E-state index in [-0.39, 0.29) is 17.7 Å². The Balaban J connectivity index is 1.97. The zero-order valence-corrected chi connectivity index (χ0v) is 4.88. The Kier molecular flexibility index (Phi) is 4.16. The van der Waals surface area contributed by atoms with Gasteiger partial charge in [-0.05, 0) is 0 Å². The van der Waals surface area contributed by atoms with Crippen molar-refractivity contribution in [2.24, 2.45) is 0 Å². The van der Waals surface area contributed by atoms with Gasteiger partial charge in [-0.15, -0.1) is 0 Å². The van der Waals surface area contributed by atoms with Crippen molar-refractivity contribution in [2.45, 2.75) is 5.44 Å². The third-order valence-corrected chi connectivity index (χ3v) is 0.863. The van der Waals surface area contributed by atoms with E-state index in [1.165, 1.54) is 0 Å². The summed E-state index contributed by atoms with van der Waals surface area (Å²) in [5, 5.41) is 8.38. The molecule has 0 amide bonds. The predicted molar refractivity (Wildman–Crippen MR) is 12.9 cm³/mol. The van der Waals surface area contributed by atoms with Crippen molar-refractivity contribution in [3.63, 3.8) is 0 Å². The van der Waals surface area contributed by atoms with Gasteiger partial charge in [0.1, 0.15) is 0 Å². The summed E-state index contributed by atoms with van der Waals surface area (Å²) < 4.78 is 0. The zero-order chi connectivity index (χ0) is 3.41. The molecule has 0 aliphatic rings. The maximum absolute atomic E-state index is 7.93. The zero-order valence-electron chi connectivity index (χ0n) is 2.49. The van der Waals surface area contributed by atoms with E-state index in [0.717, 1.165) is 0 Å². The average molecular weight is 238 g/mol. The van der Waals surface area contributed by atoms with Crippen molar-refractivity contribution in [3.8, 4) is 0 Å². The molecular formula is C2H6IrO. The van der Waals surface area contributed by atoms with Crippen molar-refractivity contribution < 1.29 is 22.8 Å². The Morgan fingerprint density at radius 3 is 2.25 bits per heavy atom. The van der Waals surface area contributed by atoms with Gasteiger partial charge >= 0.3 is 33.4 Å². The van der Waals surface area contributed by atoms with Gasteiger partial charge in [-0.1, -0.05) is 0 Å². The number of hydrogen-bond donors (Lipinski definition) is 1. The van der Waals surface area contributed by atoms with Crippen LogP contribution in [0.1, 0.15) is 0 Å². The van der Waals surface area contributed by atoms with Crippen LogP contribution in [-0.4, -0.2) is 10.2 Å². The fourth-order valence-electron chi connectivity index (χ4n) is 0. The van der Waals surface area contributed by atoms with Gasteiger partial charge in [0.15, 0.2) is 0 Å². The standard InChI is InChI=1S/CH3O.CH3.Ir/c1-2;;/h2H,1H2;1H3;. The van der Waals surface area contributed by atoms with Gasteiger partial charge in [0, 0.05) is 0 Å². The average Bonchev–Trinajstić information content (AvgIpc) is 1.37. The fraction of sp³-hybridized carbons (Fsp3) is 1.00. The fourth-order valence-corrected chi connectivity index (χ4v) is 0. The summed E-state index contributed by atoms with van der Waals surface area (Å²) in [6, 6.07) is 0. The van der Waals surface area contributed by atoms with E-state index in [1.54, 1.807) is 0 Å². The first-order valence-electron chi connectivity index (χ1n) is 0.885. The molecule has 2 heteroatoms. The topological polar surface area (TPSA) is 20.2 Å². The van der Waals surface area contributed by atoms with Gasteiger partial charge in [0.05, 0.1) is 0 Å². The van der Waals surface area contributed by atoms with E-state index < -0.39 is 0 Å². The summed E-state index contributed by atoms with van der Waals surface area (Å²) in [4.78, 5) is 0. The monoisotopic (exact) mass is 239 g/mol. The van der Waals surface area contributed by atoms with Crippen LogP contribution in [0.4, 0.5) is 0 Å². The Morgan fingerprint density at radius 2 is 2.25 bits per heavy atom. The van der Waals surface area contributed by atoms with E-state index >= 15 is 0 Å². The number of hydrogen-bond acceptors (Lipinski definition) is 1. The van der Waals surface area contributed by atoms with E-state index in [4.69, 9.17) is 5.11 Å². The molecule has 0 aliphatic carbocycles. The molecule has 0 fully saturated rings. The second-order valence-electron chi connectivity index (χ2n) is 0.341. The molecule has 29 valence electrons. The van der Waals surface area contributed by atoms with Crippen molar-refractivity contribution in [3.05, 3.63) is 0 Å². The van der Waals surface area contributed by atoms with Gasteiger partial charge in [0.25, 0.3) is 0 Å². The van der Waals surface area contributed by atoms with Crippen molar-refractivity contribution >= 4 is 0 Å². The second kappa shape index (κ2) is 3.61.